The van der Waals surface area contributed by atoms with E-state index in [1.54, 1.807) is 6.07 Å². The third-order valence-corrected chi connectivity index (χ3v) is 3.19. The Bertz CT molecular complexity index is 362. The molecule has 0 aromatic heterocycles. The highest BCUT2D eigenvalue weighted by Gasteiger charge is 2.10. The molecule has 1 unspecified atom stereocenters. The molecule has 3 heteroatoms. The number of halogens is 1. The van der Waals surface area contributed by atoms with Gasteiger partial charge in [0.1, 0.15) is 11.6 Å². The minimum Gasteiger partial charge on any atom is -0.493 e. The van der Waals surface area contributed by atoms with Crippen LogP contribution in [-0.4, -0.2) is 12.6 Å². The molecule has 0 saturated carbocycles. The lowest BCUT2D eigenvalue weighted by Crippen LogP contribution is -2.19. The molecule has 1 aromatic rings. The standard InChI is InChI=1S/C15H24FNO/c1-4-12(5-2)10-18-15-7-6-14(16)9-13(15)8-11(3)17/h6-7,9,11-12H,4-5,8,10,17H2,1-3H3. The molecule has 1 rings (SSSR count). The van der Waals surface area contributed by atoms with Gasteiger partial charge in [-0.25, -0.2) is 4.39 Å². The molecule has 0 aliphatic heterocycles. The maximum Gasteiger partial charge on any atom is 0.123 e. The van der Waals surface area contributed by atoms with Crippen molar-refractivity contribution in [2.24, 2.45) is 11.7 Å². The molecule has 0 bridgehead atoms. The molecule has 2 nitrogen and oxygen atoms in total. The van der Waals surface area contributed by atoms with Gasteiger partial charge in [0, 0.05) is 6.04 Å². The Hall–Kier alpha value is -1.09. The fraction of sp³-hybridized carbons (Fsp3) is 0.600. The quantitative estimate of drug-likeness (QED) is 0.806. The predicted octanol–water partition coefficient (Wildman–Crippen LogP) is 3.53. The van der Waals surface area contributed by atoms with Crippen molar-refractivity contribution in [2.45, 2.75) is 46.1 Å². The second-order valence-corrected chi connectivity index (χ2v) is 4.93. The van der Waals surface area contributed by atoms with E-state index in [4.69, 9.17) is 10.5 Å². The first-order valence-electron chi connectivity index (χ1n) is 6.73. The van der Waals surface area contributed by atoms with E-state index >= 15 is 0 Å². The number of hydrogen-bond acceptors (Lipinski definition) is 2. The highest BCUT2D eigenvalue weighted by molar-refractivity contribution is 5.34. The average molecular weight is 253 g/mol. The van der Waals surface area contributed by atoms with Crippen LogP contribution in [0.2, 0.25) is 0 Å². The number of nitrogens with two attached hydrogens (primary N) is 1. The molecule has 1 atom stereocenters. The first-order chi connectivity index (χ1) is 8.56. The molecular formula is C15H24FNO. The number of benzene rings is 1. The monoisotopic (exact) mass is 253 g/mol. The first kappa shape index (κ1) is 15.0. The fourth-order valence-electron chi connectivity index (χ4n) is 1.93. The molecular weight excluding hydrogens is 229 g/mol. The normalized spacial score (nSPS) is 12.8. The first-order valence-corrected chi connectivity index (χ1v) is 6.73. The Morgan fingerprint density at radius 2 is 1.94 bits per heavy atom. The molecule has 0 spiro atoms. The lowest BCUT2D eigenvalue weighted by Gasteiger charge is -2.17. The van der Waals surface area contributed by atoms with E-state index in [9.17, 15) is 4.39 Å². The molecule has 2 N–H and O–H groups in total. The molecule has 0 aliphatic rings. The van der Waals surface area contributed by atoms with E-state index in [-0.39, 0.29) is 11.9 Å². The summed E-state index contributed by atoms with van der Waals surface area (Å²) in [5, 5.41) is 0. The smallest absolute Gasteiger partial charge is 0.123 e. The van der Waals surface area contributed by atoms with Crippen molar-refractivity contribution < 1.29 is 9.13 Å². The second-order valence-electron chi connectivity index (χ2n) is 4.93. The van der Waals surface area contributed by atoms with Gasteiger partial charge in [0.15, 0.2) is 0 Å². The van der Waals surface area contributed by atoms with Gasteiger partial charge in [0.05, 0.1) is 6.61 Å². The van der Waals surface area contributed by atoms with Crippen LogP contribution in [0, 0.1) is 11.7 Å². The van der Waals surface area contributed by atoms with E-state index < -0.39 is 0 Å². The molecule has 18 heavy (non-hydrogen) atoms. The average Bonchev–Trinajstić information content (AvgIpc) is 2.32. The van der Waals surface area contributed by atoms with Crippen molar-refractivity contribution in [2.75, 3.05) is 6.61 Å². The summed E-state index contributed by atoms with van der Waals surface area (Å²) in [6.45, 7) is 6.91. The van der Waals surface area contributed by atoms with Crippen LogP contribution in [0.25, 0.3) is 0 Å². The van der Waals surface area contributed by atoms with Gasteiger partial charge in [-0.2, -0.15) is 0 Å². The largest absolute Gasteiger partial charge is 0.493 e. The summed E-state index contributed by atoms with van der Waals surface area (Å²) >= 11 is 0. The highest BCUT2D eigenvalue weighted by Crippen LogP contribution is 2.22. The van der Waals surface area contributed by atoms with Crippen LogP contribution in [0.3, 0.4) is 0 Å². The van der Waals surface area contributed by atoms with Crippen LogP contribution in [0.1, 0.15) is 39.2 Å². The van der Waals surface area contributed by atoms with Crippen molar-refractivity contribution >= 4 is 0 Å². The SMILES string of the molecule is CCC(CC)COc1ccc(F)cc1CC(C)N. The third-order valence-electron chi connectivity index (χ3n) is 3.19. The summed E-state index contributed by atoms with van der Waals surface area (Å²) in [6, 6.07) is 4.66. The number of hydrogen-bond donors (Lipinski definition) is 1. The molecule has 0 amide bonds. The van der Waals surface area contributed by atoms with Crippen molar-refractivity contribution in [3.05, 3.63) is 29.6 Å². The van der Waals surface area contributed by atoms with Gasteiger partial charge < -0.3 is 10.5 Å². The van der Waals surface area contributed by atoms with Crippen LogP contribution in [0.5, 0.6) is 5.75 Å². The lowest BCUT2D eigenvalue weighted by atomic mass is 10.0. The molecule has 0 aliphatic carbocycles. The van der Waals surface area contributed by atoms with E-state index in [2.05, 4.69) is 13.8 Å². The molecule has 0 saturated heterocycles. The van der Waals surface area contributed by atoms with Crippen LogP contribution < -0.4 is 10.5 Å². The van der Waals surface area contributed by atoms with Gasteiger partial charge in [-0.05, 0) is 43.0 Å². The Labute approximate surface area is 109 Å². The van der Waals surface area contributed by atoms with Crippen molar-refractivity contribution in [1.82, 2.24) is 0 Å². The van der Waals surface area contributed by atoms with E-state index in [0.29, 0.717) is 18.9 Å². The Morgan fingerprint density at radius 1 is 1.28 bits per heavy atom. The molecule has 0 fully saturated rings. The third kappa shape index (κ3) is 4.65. The van der Waals surface area contributed by atoms with Crippen molar-refractivity contribution in [3.63, 3.8) is 0 Å². The summed E-state index contributed by atoms with van der Waals surface area (Å²) in [5.74, 6) is 1.08. The summed E-state index contributed by atoms with van der Waals surface area (Å²) in [6.07, 6.45) is 2.83. The maximum absolute atomic E-state index is 13.2. The van der Waals surface area contributed by atoms with Crippen LogP contribution >= 0.6 is 0 Å². The fourth-order valence-corrected chi connectivity index (χ4v) is 1.93. The molecule has 0 heterocycles. The Morgan fingerprint density at radius 3 is 2.50 bits per heavy atom. The van der Waals surface area contributed by atoms with Crippen LogP contribution in [-0.2, 0) is 6.42 Å². The van der Waals surface area contributed by atoms with E-state index in [1.807, 2.05) is 6.92 Å². The second kappa shape index (κ2) is 7.37. The van der Waals surface area contributed by atoms with Gasteiger partial charge in [0.25, 0.3) is 0 Å². The van der Waals surface area contributed by atoms with Gasteiger partial charge in [-0.3, -0.25) is 0 Å². The predicted molar refractivity (Wildman–Crippen MR) is 73.3 cm³/mol. The molecule has 0 radical (unpaired) electrons. The lowest BCUT2D eigenvalue weighted by molar-refractivity contribution is 0.238. The summed E-state index contributed by atoms with van der Waals surface area (Å²) < 4.78 is 19.0. The topological polar surface area (TPSA) is 35.2 Å². The molecule has 102 valence electrons. The minimum absolute atomic E-state index is 0.00213. The zero-order valence-corrected chi connectivity index (χ0v) is 11.6. The van der Waals surface area contributed by atoms with Crippen molar-refractivity contribution in [3.8, 4) is 5.75 Å². The van der Waals surface area contributed by atoms with Crippen LogP contribution in [0.15, 0.2) is 18.2 Å². The summed E-state index contributed by atoms with van der Waals surface area (Å²) in [5.41, 5.74) is 6.63. The zero-order valence-electron chi connectivity index (χ0n) is 11.6. The van der Waals surface area contributed by atoms with Crippen molar-refractivity contribution in [1.29, 1.82) is 0 Å². The van der Waals surface area contributed by atoms with E-state index in [0.717, 1.165) is 24.2 Å². The number of rotatable bonds is 7. The van der Waals surface area contributed by atoms with Crippen LogP contribution in [0.4, 0.5) is 4.39 Å². The maximum atomic E-state index is 13.2. The highest BCUT2D eigenvalue weighted by atomic mass is 19.1. The van der Waals surface area contributed by atoms with E-state index in [1.165, 1.54) is 12.1 Å². The Kier molecular flexibility index (Phi) is 6.13. The summed E-state index contributed by atoms with van der Waals surface area (Å²) in [4.78, 5) is 0. The minimum atomic E-state index is -0.236. The number of ether oxygens (including phenoxy) is 1. The zero-order chi connectivity index (χ0) is 13.5. The van der Waals surface area contributed by atoms with Gasteiger partial charge in [-0.15, -0.1) is 0 Å². The van der Waals surface area contributed by atoms with Gasteiger partial charge in [-0.1, -0.05) is 26.7 Å². The van der Waals surface area contributed by atoms with Gasteiger partial charge in [0.2, 0.25) is 0 Å². The Balaban J connectivity index is 2.74. The van der Waals surface area contributed by atoms with Gasteiger partial charge >= 0.3 is 0 Å². The molecule has 1 aromatic carbocycles. The summed E-state index contributed by atoms with van der Waals surface area (Å²) in [7, 11) is 0.